The lowest BCUT2D eigenvalue weighted by molar-refractivity contribution is -0.138. The lowest BCUT2D eigenvalue weighted by Gasteiger charge is -2.37. The summed E-state index contributed by atoms with van der Waals surface area (Å²) < 4.78 is 38.3. The second-order valence-corrected chi connectivity index (χ2v) is 8.35. The van der Waals surface area contributed by atoms with Crippen LogP contribution >= 0.6 is 22.9 Å². The van der Waals surface area contributed by atoms with E-state index in [-0.39, 0.29) is 17.2 Å². The number of urea groups is 1. The van der Waals surface area contributed by atoms with E-state index in [1.165, 1.54) is 0 Å². The number of piperidine rings is 1. The number of nitrogens with zero attached hydrogens (tertiary/aromatic N) is 4. The monoisotopic (exact) mass is 447 g/mol. The SMILES string of the molecule is Cc1cc(CNC(=O)N(C)[C@@H]2CCCN(c3nnc(C(F)(F)F)s3)C2)ccc1Cl. The molecule has 1 aliphatic rings. The molecule has 6 nitrogen and oxygen atoms in total. The number of hydrogen-bond acceptors (Lipinski definition) is 5. The molecular weight excluding hydrogens is 427 g/mol. The minimum Gasteiger partial charge on any atom is -0.345 e. The number of carbonyl (C=O) groups excluding carboxylic acids is 1. The molecular formula is C18H21ClF3N5OS. The van der Waals surface area contributed by atoms with Crippen LogP contribution in [0.15, 0.2) is 18.2 Å². The Morgan fingerprint density at radius 1 is 1.41 bits per heavy atom. The van der Waals surface area contributed by atoms with Gasteiger partial charge in [-0.3, -0.25) is 0 Å². The van der Waals surface area contributed by atoms with Crippen LogP contribution < -0.4 is 10.2 Å². The van der Waals surface area contributed by atoms with Crippen LogP contribution in [-0.2, 0) is 12.7 Å². The quantitative estimate of drug-likeness (QED) is 0.757. The second kappa shape index (κ2) is 8.74. The standard InChI is InChI=1S/C18H21ClF3N5OS/c1-11-8-12(5-6-14(11)19)9-23-16(28)26(2)13-4-3-7-27(10-13)17-25-24-15(29-17)18(20,21)22/h5-6,8,13H,3-4,7,9-10H2,1-2H3,(H,23,28)/t13-/m1/s1. The average Bonchev–Trinajstić information content (AvgIpc) is 3.19. The first kappa shape index (κ1) is 21.6. The Kier molecular flexibility index (Phi) is 6.52. The van der Waals surface area contributed by atoms with Crippen LogP contribution in [0.4, 0.5) is 23.1 Å². The summed E-state index contributed by atoms with van der Waals surface area (Å²) in [6, 6.07) is 5.19. The highest BCUT2D eigenvalue weighted by atomic mass is 35.5. The Bertz CT molecular complexity index is 875. The highest BCUT2D eigenvalue weighted by Crippen LogP contribution is 2.35. The number of carbonyl (C=O) groups is 1. The maximum absolute atomic E-state index is 12.8. The predicted octanol–water partition coefficient (Wildman–Crippen LogP) is 4.33. The molecule has 0 unspecified atom stereocenters. The van der Waals surface area contributed by atoms with Crippen LogP contribution in [0.3, 0.4) is 0 Å². The molecule has 2 heterocycles. The van der Waals surface area contributed by atoms with Crippen molar-refractivity contribution in [1.29, 1.82) is 0 Å². The molecule has 2 aromatic rings. The molecule has 0 radical (unpaired) electrons. The van der Waals surface area contributed by atoms with Crippen molar-refractivity contribution in [1.82, 2.24) is 20.4 Å². The summed E-state index contributed by atoms with van der Waals surface area (Å²) in [5.74, 6) is 0. The van der Waals surface area contributed by atoms with Gasteiger partial charge in [-0.05, 0) is 37.0 Å². The van der Waals surface area contributed by atoms with E-state index in [2.05, 4.69) is 15.5 Å². The van der Waals surface area contributed by atoms with E-state index < -0.39 is 11.2 Å². The zero-order valence-corrected chi connectivity index (χ0v) is 17.5. The molecule has 1 N–H and O–H groups in total. The molecule has 1 aromatic carbocycles. The summed E-state index contributed by atoms with van der Waals surface area (Å²) in [5.41, 5.74) is 1.87. The number of amides is 2. The lowest BCUT2D eigenvalue weighted by Crippen LogP contribution is -2.51. The molecule has 3 rings (SSSR count). The van der Waals surface area contributed by atoms with Crippen molar-refractivity contribution >= 4 is 34.1 Å². The number of likely N-dealkylation sites (N-methyl/N-ethyl adjacent to an activating group) is 1. The predicted molar refractivity (Wildman–Crippen MR) is 106 cm³/mol. The number of alkyl halides is 3. The molecule has 158 valence electrons. The number of rotatable bonds is 4. The summed E-state index contributed by atoms with van der Waals surface area (Å²) >= 11 is 6.54. The van der Waals surface area contributed by atoms with Gasteiger partial charge < -0.3 is 15.1 Å². The molecule has 11 heteroatoms. The van der Waals surface area contributed by atoms with Crippen molar-refractivity contribution in [3.8, 4) is 0 Å². The largest absolute Gasteiger partial charge is 0.445 e. The number of benzene rings is 1. The van der Waals surface area contributed by atoms with Gasteiger partial charge >= 0.3 is 12.2 Å². The number of hydrogen-bond donors (Lipinski definition) is 1. The minimum atomic E-state index is -4.50. The lowest BCUT2D eigenvalue weighted by atomic mass is 10.1. The first-order chi connectivity index (χ1) is 13.6. The van der Waals surface area contributed by atoms with Gasteiger partial charge in [0.25, 0.3) is 0 Å². The van der Waals surface area contributed by atoms with Gasteiger partial charge in [0.2, 0.25) is 10.1 Å². The molecule has 0 saturated carbocycles. The molecule has 1 fully saturated rings. The first-order valence-corrected chi connectivity index (χ1v) is 10.3. The molecule has 1 aliphatic heterocycles. The van der Waals surface area contributed by atoms with E-state index in [4.69, 9.17) is 11.6 Å². The molecule has 1 atom stereocenters. The van der Waals surface area contributed by atoms with Crippen molar-refractivity contribution in [2.24, 2.45) is 0 Å². The molecule has 1 saturated heterocycles. The summed E-state index contributed by atoms with van der Waals surface area (Å²) in [4.78, 5) is 15.9. The molecule has 1 aromatic heterocycles. The molecule has 2 amide bonds. The van der Waals surface area contributed by atoms with Gasteiger partial charge in [0.15, 0.2) is 0 Å². The third-order valence-electron chi connectivity index (χ3n) is 4.86. The van der Waals surface area contributed by atoms with Crippen LogP contribution in [-0.4, -0.2) is 47.3 Å². The maximum atomic E-state index is 12.8. The number of aromatic nitrogens is 2. The third kappa shape index (κ3) is 5.30. The smallest absolute Gasteiger partial charge is 0.345 e. The normalized spacial score (nSPS) is 17.3. The Hall–Kier alpha value is -2.07. The van der Waals surface area contributed by atoms with Crippen molar-refractivity contribution in [3.63, 3.8) is 0 Å². The Labute approximate surface area is 175 Å². The molecule has 0 spiro atoms. The van der Waals surface area contributed by atoms with Gasteiger partial charge in [-0.25, -0.2) is 4.79 Å². The number of anilines is 1. The van der Waals surface area contributed by atoms with Gasteiger partial charge in [-0.2, -0.15) is 13.2 Å². The summed E-state index contributed by atoms with van der Waals surface area (Å²) in [5, 5.41) is 9.74. The fourth-order valence-electron chi connectivity index (χ4n) is 3.19. The first-order valence-electron chi connectivity index (χ1n) is 9.06. The highest BCUT2D eigenvalue weighted by Gasteiger charge is 2.37. The fourth-order valence-corrected chi connectivity index (χ4v) is 4.05. The van der Waals surface area contributed by atoms with Crippen LogP contribution in [0.2, 0.25) is 5.02 Å². The zero-order valence-electron chi connectivity index (χ0n) is 16.0. The van der Waals surface area contributed by atoms with Crippen LogP contribution in [0, 0.1) is 6.92 Å². The summed E-state index contributed by atoms with van der Waals surface area (Å²) in [7, 11) is 1.69. The van der Waals surface area contributed by atoms with Crippen molar-refractivity contribution in [2.45, 2.75) is 38.5 Å². The van der Waals surface area contributed by atoms with Crippen molar-refractivity contribution in [2.75, 3.05) is 25.0 Å². The third-order valence-corrected chi connectivity index (χ3v) is 6.31. The Morgan fingerprint density at radius 3 is 2.83 bits per heavy atom. The van der Waals surface area contributed by atoms with Gasteiger partial charge in [0.1, 0.15) is 0 Å². The van der Waals surface area contributed by atoms with Crippen LogP contribution in [0.25, 0.3) is 0 Å². The van der Waals surface area contributed by atoms with Gasteiger partial charge in [-0.15, -0.1) is 10.2 Å². The van der Waals surface area contributed by atoms with Gasteiger partial charge in [0, 0.05) is 31.7 Å². The van der Waals surface area contributed by atoms with E-state index in [0.29, 0.717) is 36.0 Å². The summed E-state index contributed by atoms with van der Waals surface area (Å²) in [6.07, 6.45) is -2.98. The van der Waals surface area contributed by atoms with E-state index in [1.807, 2.05) is 19.1 Å². The van der Waals surface area contributed by atoms with Crippen LogP contribution in [0.5, 0.6) is 0 Å². The number of nitrogens with one attached hydrogen (secondary N) is 1. The Balaban J connectivity index is 1.58. The second-order valence-electron chi connectivity index (χ2n) is 6.98. The van der Waals surface area contributed by atoms with Gasteiger partial charge in [-0.1, -0.05) is 35.1 Å². The number of aryl methyl sites for hydroxylation is 1. The van der Waals surface area contributed by atoms with Crippen molar-refractivity contribution in [3.05, 3.63) is 39.4 Å². The molecule has 0 aliphatic carbocycles. The topological polar surface area (TPSA) is 61.4 Å². The minimum absolute atomic E-state index is 0.131. The van der Waals surface area contributed by atoms with E-state index >= 15 is 0 Å². The maximum Gasteiger partial charge on any atom is 0.445 e. The van der Waals surface area contributed by atoms with Crippen molar-refractivity contribution < 1.29 is 18.0 Å². The fraction of sp³-hybridized carbons (Fsp3) is 0.500. The Morgan fingerprint density at radius 2 is 2.17 bits per heavy atom. The molecule has 0 bridgehead atoms. The van der Waals surface area contributed by atoms with Crippen LogP contribution in [0.1, 0.15) is 29.0 Å². The highest BCUT2D eigenvalue weighted by molar-refractivity contribution is 7.15. The number of halogens is 4. The van der Waals surface area contributed by atoms with E-state index in [0.717, 1.165) is 24.0 Å². The van der Waals surface area contributed by atoms with E-state index in [1.54, 1.807) is 22.9 Å². The summed E-state index contributed by atoms with van der Waals surface area (Å²) in [6.45, 7) is 3.26. The van der Waals surface area contributed by atoms with Gasteiger partial charge in [0.05, 0.1) is 6.04 Å². The zero-order chi connectivity index (χ0) is 21.2. The van der Waals surface area contributed by atoms with E-state index in [9.17, 15) is 18.0 Å². The average molecular weight is 448 g/mol. The molecule has 29 heavy (non-hydrogen) atoms.